The van der Waals surface area contributed by atoms with Gasteiger partial charge >= 0.3 is 0 Å². The van der Waals surface area contributed by atoms with Gasteiger partial charge in [-0.1, -0.05) is 19.1 Å². The minimum atomic E-state index is -0.704. The predicted octanol–water partition coefficient (Wildman–Crippen LogP) is 1.90. The average molecular weight is 264 g/mol. The van der Waals surface area contributed by atoms with Crippen molar-refractivity contribution in [2.24, 2.45) is 17.3 Å². The number of carbonyl (C=O) groups is 2. The van der Waals surface area contributed by atoms with E-state index in [1.54, 1.807) is 7.11 Å². The van der Waals surface area contributed by atoms with E-state index in [0.717, 1.165) is 6.42 Å². The van der Waals surface area contributed by atoms with Crippen molar-refractivity contribution in [2.45, 2.75) is 19.8 Å². The van der Waals surface area contributed by atoms with E-state index in [-0.39, 0.29) is 29.2 Å². The normalized spacial score (nSPS) is 33.9. The number of hydrogen-bond acceptors (Lipinski definition) is 4. The van der Waals surface area contributed by atoms with Crippen LogP contribution in [-0.4, -0.2) is 32.4 Å². The molecular weight excluding hydrogens is 244 g/mol. The van der Waals surface area contributed by atoms with Crippen LogP contribution in [0.25, 0.3) is 0 Å². The van der Waals surface area contributed by atoms with Crippen molar-refractivity contribution >= 4 is 11.6 Å². The molecule has 0 aliphatic heterocycles. The monoisotopic (exact) mass is 264 g/mol. The first-order valence-corrected chi connectivity index (χ1v) is 6.55. The van der Waals surface area contributed by atoms with Gasteiger partial charge in [0.05, 0.1) is 12.5 Å². The Hall–Kier alpha value is -1.42. The number of hydrogen-bond donors (Lipinski definition) is 0. The largest absolute Gasteiger partial charge is 0.493 e. The van der Waals surface area contributed by atoms with Crippen LogP contribution < -0.4 is 0 Å². The molecule has 0 heterocycles. The van der Waals surface area contributed by atoms with Gasteiger partial charge in [0.1, 0.15) is 0 Å². The van der Waals surface area contributed by atoms with E-state index in [1.807, 2.05) is 19.1 Å². The third-order valence-electron chi connectivity index (χ3n) is 4.42. The molecule has 2 aliphatic rings. The molecule has 0 unspecified atom stereocenters. The second kappa shape index (κ2) is 5.29. The second-order valence-corrected chi connectivity index (χ2v) is 5.33. The number of rotatable bonds is 4. The Bertz CT molecular complexity index is 449. The first kappa shape index (κ1) is 14.0. The fraction of sp³-hybridized carbons (Fsp3) is 0.600. The molecule has 0 saturated carbocycles. The first-order chi connectivity index (χ1) is 9.05. The molecule has 0 saturated heterocycles. The fourth-order valence-corrected chi connectivity index (χ4v) is 3.17. The van der Waals surface area contributed by atoms with Crippen molar-refractivity contribution in [2.75, 3.05) is 20.8 Å². The summed E-state index contributed by atoms with van der Waals surface area (Å²) >= 11 is 0. The summed E-state index contributed by atoms with van der Waals surface area (Å²) in [6, 6.07) is 0. The lowest BCUT2D eigenvalue weighted by molar-refractivity contribution is -0.142. The van der Waals surface area contributed by atoms with Crippen LogP contribution in [0, 0.1) is 17.3 Å². The standard InChI is InChI=1S/C15H20O4/c1-15-10(7-8-18-2)5-4-6-11(15)12(16)9-13(19-3)14(15)17/h4-5,9-11H,6-8H2,1-3H3/t10-,11+,15+/m1/s1. The number of ether oxygens (including phenoxy) is 2. The molecule has 4 heteroatoms. The Labute approximate surface area is 113 Å². The summed E-state index contributed by atoms with van der Waals surface area (Å²) in [7, 11) is 3.07. The van der Waals surface area contributed by atoms with Crippen LogP contribution in [0.2, 0.25) is 0 Å². The van der Waals surface area contributed by atoms with Crippen molar-refractivity contribution < 1.29 is 19.1 Å². The topological polar surface area (TPSA) is 52.6 Å². The van der Waals surface area contributed by atoms with Crippen molar-refractivity contribution in [3.8, 4) is 0 Å². The Morgan fingerprint density at radius 1 is 1.37 bits per heavy atom. The van der Waals surface area contributed by atoms with Gasteiger partial charge in [0.15, 0.2) is 11.5 Å². The van der Waals surface area contributed by atoms with Crippen LogP contribution in [-0.2, 0) is 19.1 Å². The van der Waals surface area contributed by atoms with Crippen LogP contribution in [0.15, 0.2) is 24.0 Å². The molecule has 0 N–H and O–H groups in total. The zero-order valence-corrected chi connectivity index (χ0v) is 11.6. The summed E-state index contributed by atoms with van der Waals surface area (Å²) in [5, 5.41) is 0. The maximum Gasteiger partial charge on any atom is 0.204 e. The van der Waals surface area contributed by atoms with Crippen molar-refractivity contribution in [1.82, 2.24) is 0 Å². The molecule has 0 aromatic rings. The smallest absolute Gasteiger partial charge is 0.204 e. The highest BCUT2D eigenvalue weighted by molar-refractivity contribution is 6.11. The molecule has 3 atom stereocenters. The third-order valence-corrected chi connectivity index (χ3v) is 4.42. The van der Waals surface area contributed by atoms with E-state index >= 15 is 0 Å². The quantitative estimate of drug-likeness (QED) is 0.728. The Kier molecular flexibility index (Phi) is 3.90. The number of fused-ring (bicyclic) bond motifs is 1. The van der Waals surface area contributed by atoms with Gasteiger partial charge in [-0.05, 0) is 18.8 Å². The molecule has 4 nitrogen and oxygen atoms in total. The van der Waals surface area contributed by atoms with E-state index in [4.69, 9.17) is 9.47 Å². The van der Waals surface area contributed by atoms with Crippen LogP contribution in [0.1, 0.15) is 19.8 Å². The van der Waals surface area contributed by atoms with E-state index in [9.17, 15) is 9.59 Å². The van der Waals surface area contributed by atoms with Gasteiger partial charge in [-0.25, -0.2) is 0 Å². The molecule has 0 aromatic heterocycles. The number of ketones is 2. The average Bonchev–Trinajstić information content (AvgIpc) is 2.41. The van der Waals surface area contributed by atoms with E-state index in [2.05, 4.69) is 0 Å². The van der Waals surface area contributed by atoms with Gasteiger partial charge in [-0.15, -0.1) is 0 Å². The predicted molar refractivity (Wildman–Crippen MR) is 70.4 cm³/mol. The molecule has 0 aromatic carbocycles. The number of Topliss-reactive ketones (excluding diaryl/α,β-unsaturated/α-hetero) is 1. The minimum Gasteiger partial charge on any atom is -0.493 e. The van der Waals surface area contributed by atoms with Crippen molar-refractivity contribution in [3.05, 3.63) is 24.0 Å². The Morgan fingerprint density at radius 3 is 2.74 bits per heavy atom. The molecular formula is C15H20O4. The maximum absolute atomic E-state index is 12.6. The fourth-order valence-electron chi connectivity index (χ4n) is 3.17. The van der Waals surface area contributed by atoms with Gasteiger partial charge in [-0.3, -0.25) is 9.59 Å². The van der Waals surface area contributed by atoms with Gasteiger partial charge in [0.2, 0.25) is 5.78 Å². The first-order valence-electron chi connectivity index (χ1n) is 6.55. The zero-order chi connectivity index (χ0) is 14.0. The van der Waals surface area contributed by atoms with Gasteiger partial charge in [0, 0.05) is 25.7 Å². The lowest BCUT2D eigenvalue weighted by atomic mass is 9.57. The molecule has 0 amide bonds. The SMILES string of the molecule is COCC[C@H]1C=CC[C@H]2C(=O)C=C(OC)C(=O)[C@@]12C. The molecule has 0 bridgehead atoms. The molecule has 104 valence electrons. The number of allylic oxidation sites excluding steroid dienone is 4. The van der Waals surface area contributed by atoms with Crippen LogP contribution >= 0.6 is 0 Å². The Balaban J connectivity index is 2.39. The summed E-state index contributed by atoms with van der Waals surface area (Å²) in [4.78, 5) is 24.8. The van der Waals surface area contributed by atoms with Crippen LogP contribution in [0.5, 0.6) is 0 Å². The maximum atomic E-state index is 12.6. The van der Waals surface area contributed by atoms with E-state index in [1.165, 1.54) is 13.2 Å². The summed E-state index contributed by atoms with van der Waals surface area (Å²) in [6.07, 6.45) is 6.75. The lowest BCUT2D eigenvalue weighted by Gasteiger charge is -2.44. The summed E-state index contributed by atoms with van der Waals surface area (Å²) in [5.41, 5.74) is -0.704. The number of methoxy groups -OCH3 is 2. The molecule has 2 rings (SSSR count). The molecule has 0 radical (unpaired) electrons. The molecule has 0 fully saturated rings. The second-order valence-electron chi connectivity index (χ2n) is 5.33. The van der Waals surface area contributed by atoms with Crippen LogP contribution in [0.3, 0.4) is 0 Å². The summed E-state index contributed by atoms with van der Waals surface area (Å²) in [5.74, 6) is -0.149. The van der Waals surface area contributed by atoms with E-state index < -0.39 is 5.41 Å². The highest BCUT2D eigenvalue weighted by Gasteiger charge is 2.53. The molecule has 2 aliphatic carbocycles. The summed E-state index contributed by atoms with van der Waals surface area (Å²) < 4.78 is 10.2. The van der Waals surface area contributed by atoms with E-state index in [0.29, 0.717) is 13.0 Å². The zero-order valence-electron chi connectivity index (χ0n) is 11.6. The van der Waals surface area contributed by atoms with Crippen molar-refractivity contribution in [3.63, 3.8) is 0 Å². The Morgan fingerprint density at radius 2 is 2.11 bits per heavy atom. The van der Waals surface area contributed by atoms with Gasteiger partial charge in [0.25, 0.3) is 0 Å². The molecule has 0 spiro atoms. The highest BCUT2D eigenvalue weighted by atomic mass is 16.5. The van der Waals surface area contributed by atoms with Gasteiger partial charge in [-0.2, -0.15) is 0 Å². The van der Waals surface area contributed by atoms with Crippen molar-refractivity contribution in [1.29, 1.82) is 0 Å². The summed E-state index contributed by atoms with van der Waals surface area (Å²) in [6.45, 7) is 2.46. The third kappa shape index (κ3) is 2.14. The highest BCUT2D eigenvalue weighted by Crippen LogP contribution is 2.48. The van der Waals surface area contributed by atoms with Crippen LogP contribution in [0.4, 0.5) is 0 Å². The molecule has 19 heavy (non-hydrogen) atoms. The minimum absolute atomic E-state index is 0.00860. The number of carbonyl (C=O) groups excluding carboxylic acids is 2. The van der Waals surface area contributed by atoms with Gasteiger partial charge < -0.3 is 9.47 Å². The lowest BCUT2D eigenvalue weighted by Crippen LogP contribution is -2.50.